The topological polar surface area (TPSA) is 75.2 Å². The van der Waals surface area contributed by atoms with Crippen molar-refractivity contribution in [2.75, 3.05) is 7.11 Å². The zero-order valence-electron chi connectivity index (χ0n) is 12.2. The third kappa shape index (κ3) is 2.79. The number of nitrogens with one attached hydrogen (secondary N) is 1. The molecule has 0 saturated heterocycles. The number of hydrogen-bond acceptors (Lipinski definition) is 4. The molecule has 0 aliphatic heterocycles. The van der Waals surface area contributed by atoms with Crippen molar-refractivity contribution in [1.82, 2.24) is 9.97 Å². The van der Waals surface area contributed by atoms with Crippen LogP contribution in [0.1, 0.15) is 11.1 Å². The van der Waals surface area contributed by atoms with Gasteiger partial charge in [-0.3, -0.25) is 4.79 Å². The molecule has 2 N–H and O–H groups in total. The molecule has 0 atom stereocenters. The number of fused-ring (bicyclic) bond motifs is 1. The third-order valence-electron chi connectivity index (χ3n) is 3.65. The monoisotopic (exact) mass is 296 g/mol. The minimum absolute atomic E-state index is 0.127. The van der Waals surface area contributed by atoms with Gasteiger partial charge in [0.05, 0.1) is 24.3 Å². The Morgan fingerprint density at radius 3 is 2.64 bits per heavy atom. The van der Waals surface area contributed by atoms with Crippen LogP contribution < -0.4 is 10.3 Å². The molecule has 1 aromatic heterocycles. The molecule has 22 heavy (non-hydrogen) atoms. The second kappa shape index (κ2) is 5.89. The molecule has 3 rings (SSSR count). The Kier molecular flexibility index (Phi) is 3.78. The molecular formula is C17H16N2O3. The summed E-state index contributed by atoms with van der Waals surface area (Å²) in [6, 6.07) is 11.0. The van der Waals surface area contributed by atoms with Crippen LogP contribution in [0.25, 0.3) is 10.9 Å². The van der Waals surface area contributed by atoms with Crippen LogP contribution in [-0.2, 0) is 12.8 Å². The maximum atomic E-state index is 11.8. The zero-order valence-corrected chi connectivity index (χ0v) is 12.2. The number of hydrogen-bond donors (Lipinski definition) is 2. The summed E-state index contributed by atoms with van der Waals surface area (Å²) in [5.41, 5.74) is 2.70. The maximum absolute atomic E-state index is 11.8. The molecule has 5 nitrogen and oxygen atoms in total. The molecule has 0 unspecified atom stereocenters. The van der Waals surface area contributed by atoms with Crippen molar-refractivity contribution in [3.05, 3.63) is 64.2 Å². The van der Waals surface area contributed by atoms with E-state index in [1.807, 2.05) is 30.3 Å². The number of nitrogens with zero attached hydrogens (tertiary/aromatic N) is 1. The summed E-state index contributed by atoms with van der Waals surface area (Å²) >= 11 is 0. The molecule has 5 heteroatoms. The fourth-order valence-electron chi connectivity index (χ4n) is 2.44. The number of phenolic OH excluding ortho intramolecular Hbond substituents is 1. The average Bonchev–Trinajstić information content (AvgIpc) is 2.54. The Morgan fingerprint density at radius 2 is 1.86 bits per heavy atom. The smallest absolute Gasteiger partial charge is 0.258 e. The minimum Gasteiger partial charge on any atom is -0.504 e. The number of rotatable bonds is 4. The molecule has 3 aromatic rings. The first-order valence-electron chi connectivity index (χ1n) is 6.99. The molecule has 0 aliphatic rings. The molecule has 0 fully saturated rings. The summed E-state index contributed by atoms with van der Waals surface area (Å²) in [6.45, 7) is 0. The Labute approximate surface area is 127 Å². The number of aromatic hydroxyl groups is 1. The first kappa shape index (κ1) is 14.1. The fourth-order valence-corrected chi connectivity index (χ4v) is 2.44. The van der Waals surface area contributed by atoms with Crippen molar-refractivity contribution in [2.24, 2.45) is 0 Å². The summed E-state index contributed by atoms with van der Waals surface area (Å²) in [6.07, 6.45) is 2.99. The van der Waals surface area contributed by atoms with E-state index < -0.39 is 0 Å². The largest absolute Gasteiger partial charge is 0.504 e. The summed E-state index contributed by atoms with van der Waals surface area (Å²) in [7, 11) is 1.53. The molecule has 0 aliphatic carbocycles. The average molecular weight is 296 g/mol. The van der Waals surface area contributed by atoms with E-state index in [2.05, 4.69) is 9.97 Å². The van der Waals surface area contributed by atoms with Crippen LogP contribution >= 0.6 is 0 Å². The van der Waals surface area contributed by atoms with Gasteiger partial charge in [-0.2, -0.15) is 0 Å². The molecule has 0 amide bonds. The fraction of sp³-hybridized carbons (Fsp3) is 0.176. The highest BCUT2D eigenvalue weighted by Gasteiger charge is 2.05. The number of benzene rings is 2. The predicted molar refractivity (Wildman–Crippen MR) is 84.4 cm³/mol. The quantitative estimate of drug-likeness (QED) is 0.775. The lowest BCUT2D eigenvalue weighted by Gasteiger charge is -2.07. The molecule has 0 radical (unpaired) electrons. The van der Waals surface area contributed by atoms with Crippen LogP contribution in [0.5, 0.6) is 11.5 Å². The second-order valence-electron chi connectivity index (χ2n) is 5.09. The lowest BCUT2D eigenvalue weighted by atomic mass is 10.0. The second-order valence-corrected chi connectivity index (χ2v) is 5.09. The zero-order chi connectivity index (χ0) is 15.5. The number of methoxy groups -OCH3 is 1. The first-order chi connectivity index (χ1) is 10.7. The van der Waals surface area contributed by atoms with Gasteiger partial charge in [0.25, 0.3) is 5.56 Å². The van der Waals surface area contributed by atoms with Gasteiger partial charge in [-0.15, -0.1) is 0 Å². The molecule has 0 spiro atoms. The number of H-pyrrole nitrogens is 1. The summed E-state index contributed by atoms with van der Waals surface area (Å²) in [5.74, 6) is 0.603. The molecular weight excluding hydrogens is 280 g/mol. The van der Waals surface area contributed by atoms with Crippen molar-refractivity contribution in [3.63, 3.8) is 0 Å². The Balaban J connectivity index is 1.82. The highest BCUT2D eigenvalue weighted by atomic mass is 16.5. The van der Waals surface area contributed by atoms with Crippen molar-refractivity contribution in [3.8, 4) is 11.5 Å². The van der Waals surface area contributed by atoms with E-state index in [9.17, 15) is 9.90 Å². The van der Waals surface area contributed by atoms with Gasteiger partial charge in [0.15, 0.2) is 11.5 Å². The van der Waals surface area contributed by atoms with Gasteiger partial charge in [-0.25, -0.2) is 4.98 Å². The highest BCUT2D eigenvalue weighted by Crippen LogP contribution is 2.26. The van der Waals surface area contributed by atoms with E-state index in [0.717, 1.165) is 24.0 Å². The lowest BCUT2D eigenvalue weighted by molar-refractivity contribution is 0.373. The SMILES string of the molecule is COc1cc(CCc2ccc3nc[nH]c(=O)c3c2)ccc1O. The molecule has 2 aromatic carbocycles. The van der Waals surface area contributed by atoms with E-state index >= 15 is 0 Å². The summed E-state index contributed by atoms with van der Waals surface area (Å²) in [4.78, 5) is 18.5. The van der Waals surface area contributed by atoms with Crippen molar-refractivity contribution in [2.45, 2.75) is 12.8 Å². The van der Waals surface area contributed by atoms with Gasteiger partial charge in [-0.1, -0.05) is 12.1 Å². The lowest BCUT2D eigenvalue weighted by Crippen LogP contribution is -2.06. The number of phenols is 1. The van der Waals surface area contributed by atoms with Crippen LogP contribution in [0.3, 0.4) is 0 Å². The van der Waals surface area contributed by atoms with Gasteiger partial charge in [0, 0.05) is 0 Å². The Morgan fingerprint density at radius 1 is 1.14 bits per heavy atom. The van der Waals surface area contributed by atoms with Crippen LogP contribution in [0.4, 0.5) is 0 Å². The maximum Gasteiger partial charge on any atom is 0.258 e. The standard InChI is InChI=1S/C17H16N2O3/c1-22-16-9-12(5-7-15(16)20)3-2-11-4-6-14-13(8-11)17(21)19-10-18-14/h4-10,20H,2-3H2,1H3,(H,18,19,21). The molecule has 112 valence electrons. The Bertz CT molecular complexity index is 871. The Hall–Kier alpha value is -2.82. The van der Waals surface area contributed by atoms with Crippen LogP contribution in [-0.4, -0.2) is 22.2 Å². The van der Waals surface area contributed by atoms with E-state index in [-0.39, 0.29) is 11.3 Å². The van der Waals surface area contributed by atoms with Crippen LogP contribution in [0.15, 0.2) is 47.5 Å². The highest BCUT2D eigenvalue weighted by molar-refractivity contribution is 5.77. The molecule has 0 bridgehead atoms. The van der Waals surface area contributed by atoms with Crippen LogP contribution in [0.2, 0.25) is 0 Å². The van der Waals surface area contributed by atoms with Gasteiger partial charge in [0.1, 0.15) is 0 Å². The van der Waals surface area contributed by atoms with E-state index in [4.69, 9.17) is 4.74 Å². The predicted octanol–water partition coefficient (Wildman–Crippen LogP) is 2.42. The minimum atomic E-state index is -0.127. The van der Waals surface area contributed by atoms with E-state index in [0.29, 0.717) is 16.7 Å². The van der Waals surface area contributed by atoms with Crippen molar-refractivity contribution < 1.29 is 9.84 Å². The van der Waals surface area contributed by atoms with Crippen molar-refractivity contribution >= 4 is 10.9 Å². The third-order valence-corrected chi connectivity index (χ3v) is 3.65. The number of aromatic amines is 1. The number of ether oxygens (including phenoxy) is 1. The molecule has 1 heterocycles. The summed E-state index contributed by atoms with van der Waals surface area (Å²) in [5, 5.41) is 10.2. The van der Waals surface area contributed by atoms with Gasteiger partial charge in [-0.05, 0) is 48.2 Å². The normalized spacial score (nSPS) is 10.8. The summed E-state index contributed by atoms with van der Waals surface area (Å²) < 4.78 is 5.11. The van der Waals surface area contributed by atoms with Crippen molar-refractivity contribution in [1.29, 1.82) is 0 Å². The first-order valence-corrected chi connectivity index (χ1v) is 6.99. The van der Waals surface area contributed by atoms with E-state index in [1.54, 1.807) is 6.07 Å². The van der Waals surface area contributed by atoms with Crippen LogP contribution in [0, 0.1) is 0 Å². The van der Waals surface area contributed by atoms with Gasteiger partial charge in [0.2, 0.25) is 0 Å². The molecule has 0 saturated carbocycles. The number of aromatic nitrogens is 2. The van der Waals surface area contributed by atoms with Gasteiger partial charge >= 0.3 is 0 Å². The number of aryl methyl sites for hydroxylation is 2. The van der Waals surface area contributed by atoms with E-state index in [1.165, 1.54) is 13.4 Å². The van der Waals surface area contributed by atoms with Gasteiger partial charge < -0.3 is 14.8 Å².